The number of nitrogens with one attached hydrogen (secondary N) is 2. The molecule has 2 amide bonds. The van der Waals surface area contributed by atoms with Crippen LogP contribution in [0, 0.1) is 5.92 Å². The van der Waals surface area contributed by atoms with Gasteiger partial charge in [-0.05, 0) is 36.6 Å². The van der Waals surface area contributed by atoms with Gasteiger partial charge >= 0.3 is 0 Å². The lowest BCUT2D eigenvalue weighted by Gasteiger charge is -2.09. The molecule has 0 fully saturated rings. The Labute approximate surface area is 169 Å². The van der Waals surface area contributed by atoms with Crippen molar-refractivity contribution in [1.29, 1.82) is 0 Å². The first-order valence-electron chi connectivity index (χ1n) is 9.69. The molecule has 0 aliphatic carbocycles. The van der Waals surface area contributed by atoms with E-state index in [2.05, 4.69) is 20.8 Å². The SMILES string of the molecule is CCn1cc(NC(=O)c2cccc(Cn3cccn3)c2)c(C(=O)NCC(C)C)n1. The molecule has 0 saturated heterocycles. The molecular formula is C21H26N6O2. The molecule has 0 unspecified atom stereocenters. The van der Waals surface area contributed by atoms with Crippen LogP contribution in [0.25, 0.3) is 0 Å². The molecular weight excluding hydrogens is 368 g/mol. The van der Waals surface area contributed by atoms with Crippen LogP contribution in [0.15, 0.2) is 48.9 Å². The number of amides is 2. The Balaban J connectivity index is 1.76. The summed E-state index contributed by atoms with van der Waals surface area (Å²) in [5.74, 6) is -0.266. The first kappa shape index (κ1) is 20.3. The molecule has 0 aliphatic heterocycles. The number of nitrogens with zero attached hydrogens (tertiary/aromatic N) is 4. The third kappa shape index (κ3) is 5.31. The Bertz CT molecular complexity index is 975. The predicted molar refractivity (Wildman–Crippen MR) is 111 cm³/mol. The van der Waals surface area contributed by atoms with Crippen LogP contribution < -0.4 is 10.6 Å². The molecule has 2 N–H and O–H groups in total. The fourth-order valence-electron chi connectivity index (χ4n) is 2.81. The van der Waals surface area contributed by atoms with Crippen molar-refractivity contribution in [3.05, 3.63) is 65.7 Å². The monoisotopic (exact) mass is 394 g/mol. The van der Waals surface area contributed by atoms with Gasteiger partial charge in [0, 0.05) is 37.2 Å². The van der Waals surface area contributed by atoms with E-state index in [9.17, 15) is 9.59 Å². The van der Waals surface area contributed by atoms with E-state index in [-0.39, 0.29) is 17.5 Å². The minimum Gasteiger partial charge on any atom is -0.350 e. The minimum atomic E-state index is -0.298. The maximum Gasteiger partial charge on any atom is 0.273 e. The zero-order valence-electron chi connectivity index (χ0n) is 16.9. The summed E-state index contributed by atoms with van der Waals surface area (Å²) in [6.07, 6.45) is 5.26. The molecule has 152 valence electrons. The molecule has 0 radical (unpaired) electrons. The van der Waals surface area contributed by atoms with Gasteiger partial charge in [-0.25, -0.2) is 0 Å². The molecule has 0 aliphatic rings. The second-order valence-corrected chi connectivity index (χ2v) is 7.21. The highest BCUT2D eigenvalue weighted by molar-refractivity contribution is 6.08. The summed E-state index contributed by atoms with van der Waals surface area (Å²) in [5.41, 5.74) is 2.08. The highest BCUT2D eigenvalue weighted by Gasteiger charge is 2.19. The second-order valence-electron chi connectivity index (χ2n) is 7.21. The fraction of sp³-hybridized carbons (Fsp3) is 0.333. The van der Waals surface area contributed by atoms with Crippen LogP contribution in [0.2, 0.25) is 0 Å². The standard InChI is InChI=1S/C21H26N6O2/c1-4-26-14-18(19(25-26)21(29)22-12-15(2)3)24-20(28)17-8-5-7-16(11-17)13-27-10-6-9-23-27/h5-11,14-15H,4,12-13H2,1-3H3,(H,22,29)(H,24,28). The van der Waals surface area contributed by atoms with Crippen LogP contribution in [-0.4, -0.2) is 37.9 Å². The number of aromatic nitrogens is 4. The molecule has 3 rings (SSSR count). The number of rotatable bonds is 8. The van der Waals surface area contributed by atoms with Gasteiger partial charge in [0.1, 0.15) is 0 Å². The minimum absolute atomic E-state index is 0.216. The van der Waals surface area contributed by atoms with E-state index in [1.54, 1.807) is 27.8 Å². The van der Waals surface area contributed by atoms with Crippen molar-refractivity contribution in [3.8, 4) is 0 Å². The second kappa shape index (κ2) is 9.18. The van der Waals surface area contributed by atoms with Crippen LogP contribution in [-0.2, 0) is 13.1 Å². The maximum absolute atomic E-state index is 12.8. The molecule has 0 bridgehead atoms. The number of carbonyl (C=O) groups is 2. The summed E-state index contributed by atoms with van der Waals surface area (Å²) in [5, 5.41) is 14.2. The summed E-state index contributed by atoms with van der Waals surface area (Å²) < 4.78 is 3.42. The van der Waals surface area contributed by atoms with Crippen LogP contribution in [0.3, 0.4) is 0 Å². The topological polar surface area (TPSA) is 93.8 Å². The van der Waals surface area contributed by atoms with Crippen molar-refractivity contribution in [2.45, 2.75) is 33.9 Å². The van der Waals surface area contributed by atoms with Gasteiger partial charge in [0.15, 0.2) is 5.69 Å². The molecule has 1 aromatic carbocycles. The summed E-state index contributed by atoms with van der Waals surface area (Å²) in [7, 11) is 0. The van der Waals surface area contributed by atoms with E-state index < -0.39 is 0 Å². The smallest absolute Gasteiger partial charge is 0.273 e. The average Bonchev–Trinajstić information content (AvgIpc) is 3.36. The van der Waals surface area contributed by atoms with Crippen molar-refractivity contribution >= 4 is 17.5 Å². The number of benzene rings is 1. The summed E-state index contributed by atoms with van der Waals surface area (Å²) in [4.78, 5) is 25.3. The van der Waals surface area contributed by atoms with E-state index in [1.165, 1.54) is 0 Å². The third-order valence-corrected chi connectivity index (χ3v) is 4.31. The Morgan fingerprint density at radius 1 is 1.14 bits per heavy atom. The van der Waals surface area contributed by atoms with E-state index in [0.717, 1.165) is 5.56 Å². The van der Waals surface area contributed by atoms with Crippen LogP contribution in [0.1, 0.15) is 47.2 Å². The molecule has 0 spiro atoms. The highest BCUT2D eigenvalue weighted by Crippen LogP contribution is 2.16. The number of carbonyl (C=O) groups excluding carboxylic acids is 2. The van der Waals surface area contributed by atoms with E-state index in [4.69, 9.17) is 0 Å². The van der Waals surface area contributed by atoms with Crippen molar-refractivity contribution in [2.75, 3.05) is 11.9 Å². The first-order chi connectivity index (χ1) is 14.0. The lowest BCUT2D eigenvalue weighted by molar-refractivity contribution is 0.0944. The number of anilines is 1. The van der Waals surface area contributed by atoms with Gasteiger partial charge in [0.2, 0.25) is 0 Å². The van der Waals surface area contributed by atoms with Gasteiger partial charge in [-0.15, -0.1) is 0 Å². The largest absolute Gasteiger partial charge is 0.350 e. The molecule has 0 saturated carbocycles. The Morgan fingerprint density at radius 2 is 1.97 bits per heavy atom. The van der Waals surface area contributed by atoms with Gasteiger partial charge in [-0.3, -0.25) is 19.0 Å². The van der Waals surface area contributed by atoms with E-state index >= 15 is 0 Å². The third-order valence-electron chi connectivity index (χ3n) is 4.31. The van der Waals surface area contributed by atoms with Crippen LogP contribution >= 0.6 is 0 Å². The first-order valence-corrected chi connectivity index (χ1v) is 9.69. The summed E-state index contributed by atoms with van der Waals surface area (Å²) in [6, 6.07) is 9.19. The van der Waals surface area contributed by atoms with Gasteiger partial charge in [-0.1, -0.05) is 26.0 Å². The van der Waals surface area contributed by atoms with Crippen molar-refractivity contribution in [1.82, 2.24) is 24.9 Å². The van der Waals surface area contributed by atoms with Gasteiger partial charge < -0.3 is 10.6 Å². The highest BCUT2D eigenvalue weighted by atomic mass is 16.2. The van der Waals surface area contributed by atoms with Crippen LogP contribution in [0.5, 0.6) is 0 Å². The number of hydrogen-bond donors (Lipinski definition) is 2. The molecule has 3 aromatic rings. The quantitative estimate of drug-likeness (QED) is 0.614. The Hall–Kier alpha value is -3.42. The fourth-order valence-corrected chi connectivity index (χ4v) is 2.81. The average molecular weight is 394 g/mol. The Morgan fingerprint density at radius 3 is 2.66 bits per heavy atom. The Kier molecular flexibility index (Phi) is 6.43. The normalized spacial score (nSPS) is 10.9. The zero-order valence-corrected chi connectivity index (χ0v) is 16.9. The molecule has 8 heteroatoms. The molecule has 2 heterocycles. The number of aryl methyl sites for hydroxylation is 1. The summed E-state index contributed by atoms with van der Waals surface area (Å²) >= 11 is 0. The molecule has 2 aromatic heterocycles. The van der Waals surface area contributed by atoms with Crippen LogP contribution in [0.4, 0.5) is 5.69 Å². The van der Waals surface area contributed by atoms with E-state index in [0.29, 0.717) is 36.8 Å². The molecule has 8 nitrogen and oxygen atoms in total. The zero-order chi connectivity index (χ0) is 20.8. The van der Waals surface area contributed by atoms with Crippen molar-refractivity contribution in [2.24, 2.45) is 5.92 Å². The lowest BCUT2D eigenvalue weighted by atomic mass is 10.1. The van der Waals surface area contributed by atoms with Crippen molar-refractivity contribution in [3.63, 3.8) is 0 Å². The lowest BCUT2D eigenvalue weighted by Crippen LogP contribution is -2.28. The molecule has 0 atom stereocenters. The molecule has 29 heavy (non-hydrogen) atoms. The van der Waals surface area contributed by atoms with Gasteiger partial charge in [0.25, 0.3) is 11.8 Å². The maximum atomic E-state index is 12.8. The predicted octanol–water partition coefficient (Wildman–Crippen LogP) is 2.79. The van der Waals surface area contributed by atoms with Crippen molar-refractivity contribution < 1.29 is 9.59 Å². The van der Waals surface area contributed by atoms with E-state index in [1.807, 2.05) is 51.2 Å². The van der Waals surface area contributed by atoms with Gasteiger partial charge in [-0.2, -0.15) is 10.2 Å². The van der Waals surface area contributed by atoms with Gasteiger partial charge in [0.05, 0.1) is 12.2 Å². The number of hydrogen-bond acceptors (Lipinski definition) is 4. The summed E-state index contributed by atoms with van der Waals surface area (Å²) in [6.45, 7) is 7.67.